The molecule has 4 nitrogen and oxygen atoms in total. The molecule has 0 spiro atoms. The van der Waals surface area contributed by atoms with E-state index in [0.29, 0.717) is 6.92 Å². The minimum Gasteiger partial charge on any atom is -0.382 e. The highest BCUT2D eigenvalue weighted by Crippen LogP contribution is 2.31. The maximum atomic E-state index is 13.0. The summed E-state index contributed by atoms with van der Waals surface area (Å²) >= 11 is 0. The van der Waals surface area contributed by atoms with Crippen molar-refractivity contribution >= 4 is 10.0 Å². The average molecular weight is 329 g/mol. The first-order valence-electron chi connectivity index (χ1n) is 5.81. The van der Waals surface area contributed by atoms with Crippen molar-refractivity contribution in [1.29, 1.82) is 0 Å². The van der Waals surface area contributed by atoms with Gasteiger partial charge in [0.25, 0.3) is 0 Å². The van der Waals surface area contributed by atoms with Gasteiger partial charge in [-0.25, -0.2) is 12.8 Å². The minimum atomic E-state index is -4.84. The van der Waals surface area contributed by atoms with Crippen molar-refractivity contribution in [1.82, 2.24) is 4.72 Å². The molecule has 1 rings (SSSR count). The van der Waals surface area contributed by atoms with Crippen LogP contribution in [0.25, 0.3) is 0 Å². The van der Waals surface area contributed by atoms with Crippen molar-refractivity contribution in [3.63, 3.8) is 0 Å². The molecule has 1 unspecified atom stereocenters. The predicted octanol–water partition coefficient (Wildman–Crippen LogP) is 2.21. The Morgan fingerprint density at radius 2 is 1.90 bits per heavy atom. The van der Waals surface area contributed by atoms with E-state index in [2.05, 4.69) is 4.74 Å². The van der Waals surface area contributed by atoms with Crippen LogP contribution in [-0.2, 0) is 20.5 Å². The highest BCUT2D eigenvalue weighted by atomic mass is 32.2. The number of hydrogen-bond acceptors (Lipinski definition) is 3. The van der Waals surface area contributed by atoms with Crippen molar-refractivity contribution < 1.29 is 30.7 Å². The fourth-order valence-corrected chi connectivity index (χ4v) is 3.23. The van der Waals surface area contributed by atoms with Gasteiger partial charge in [0.15, 0.2) is 0 Å². The lowest BCUT2D eigenvalue weighted by molar-refractivity contribution is -0.197. The molecule has 0 saturated carbocycles. The largest absolute Gasteiger partial charge is 0.409 e. The molecule has 0 aromatic heterocycles. The molecular formula is C12H15F4NO3S. The number of alkyl halides is 3. The van der Waals surface area contributed by atoms with E-state index in [9.17, 15) is 26.0 Å². The Morgan fingerprint density at radius 3 is 2.38 bits per heavy atom. The third-order valence-electron chi connectivity index (χ3n) is 2.69. The lowest BCUT2D eigenvalue weighted by Crippen LogP contribution is -2.59. The van der Waals surface area contributed by atoms with E-state index in [1.165, 1.54) is 12.1 Å². The second-order valence-corrected chi connectivity index (χ2v) is 6.48. The Balaban J connectivity index is 2.97. The molecule has 0 aliphatic rings. The molecular weight excluding hydrogens is 314 g/mol. The quantitative estimate of drug-likeness (QED) is 0.814. The normalized spacial score (nSPS) is 15.7. The van der Waals surface area contributed by atoms with E-state index < -0.39 is 39.9 Å². The van der Waals surface area contributed by atoms with E-state index in [1.807, 2.05) is 0 Å². The van der Waals surface area contributed by atoms with Gasteiger partial charge < -0.3 is 4.74 Å². The van der Waals surface area contributed by atoms with Crippen molar-refractivity contribution in [3.05, 3.63) is 35.6 Å². The van der Waals surface area contributed by atoms with E-state index >= 15 is 0 Å². The number of benzene rings is 1. The Hall–Kier alpha value is -1.19. The predicted molar refractivity (Wildman–Crippen MR) is 68.5 cm³/mol. The second-order valence-electron chi connectivity index (χ2n) is 4.75. The number of sulfonamides is 1. The zero-order chi connectivity index (χ0) is 16.3. The topological polar surface area (TPSA) is 55.4 Å². The molecule has 0 saturated heterocycles. The molecule has 120 valence electrons. The van der Waals surface area contributed by atoms with Crippen LogP contribution < -0.4 is 4.72 Å². The summed E-state index contributed by atoms with van der Waals surface area (Å²) in [7, 11) is -3.30. The first kappa shape index (κ1) is 17.9. The Kier molecular flexibility index (Phi) is 5.35. The smallest absolute Gasteiger partial charge is 0.382 e. The molecule has 0 radical (unpaired) electrons. The highest BCUT2D eigenvalue weighted by Gasteiger charge is 2.53. The SMILES string of the molecule is COCC(C)(NS(=O)(=O)Cc1cccc(F)c1)C(F)(F)F. The monoisotopic (exact) mass is 329 g/mol. The minimum absolute atomic E-state index is 0.0458. The van der Waals surface area contributed by atoms with E-state index in [4.69, 9.17) is 0 Å². The van der Waals surface area contributed by atoms with Gasteiger partial charge in [-0.3, -0.25) is 0 Å². The first-order chi connectivity index (χ1) is 9.49. The van der Waals surface area contributed by atoms with Gasteiger partial charge in [0.05, 0.1) is 12.4 Å². The number of ether oxygens (including phenoxy) is 1. The maximum Gasteiger partial charge on any atom is 0.409 e. The van der Waals surface area contributed by atoms with Crippen LogP contribution in [0.1, 0.15) is 12.5 Å². The van der Waals surface area contributed by atoms with Gasteiger partial charge in [-0.1, -0.05) is 12.1 Å². The van der Waals surface area contributed by atoms with E-state index in [-0.39, 0.29) is 5.56 Å². The molecule has 0 fully saturated rings. The van der Waals surface area contributed by atoms with Crippen molar-refractivity contribution in [2.45, 2.75) is 24.4 Å². The van der Waals surface area contributed by atoms with Crippen molar-refractivity contribution in [3.8, 4) is 0 Å². The van der Waals surface area contributed by atoms with Crippen LogP contribution in [0.3, 0.4) is 0 Å². The van der Waals surface area contributed by atoms with Gasteiger partial charge in [0.2, 0.25) is 10.0 Å². The van der Waals surface area contributed by atoms with Gasteiger partial charge in [-0.15, -0.1) is 0 Å². The molecule has 1 aromatic rings. The van der Waals surface area contributed by atoms with Gasteiger partial charge in [-0.2, -0.15) is 17.9 Å². The molecule has 0 heterocycles. The van der Waals surface area contributed by atoms with Gasteiger partial charge >= 0.3 is 6.18 Å². The van der Waals surface area contributed by atoms with E-state index in [1.54, 1.807) is 4.72 Å². The van der Waals surface area contributed by atoms with Crippen LogP contribution in [-0.4, -0.2) is 33.8 Å². The molecule has 0 bridgehead atoms. The number of hydrogen-bond donors (Lipinski definition) is 1. The van der Waals surface area contributed by atoms with Crippen LogP contribution in [0, 0.1) is 5.82 Å². The summed E-state index contributed by atoms with van der Waals surface area (Å²) < 4.78 is 81.6. The second kappa shape index (κ2) is 6.29. The van der Waals surface area contributed by atoms with Crippen LogP contribution >= 0.6 is 0 Å². The Labute approximate surface area is 120 Å². The third kappa shape index (κ3) is 4.94. The summed E-state index contributed by atoms with van der Waals surface area (Å²) in [6.07, 6.45) is -4.84. The standard InChI is InChI=1S/C12H15F4NO3S/c1-11(8-20-2,12(14,15)16)17-21(18,19)7-9-4-3-5-10(13)6-9/h3-6,17H,7-8H2,1-2H3. The van der Waals surface area contributed by atoms with Gasteiger partial charge in [0.1, 0.15) is 11.4 Å². The molecule has 1 aromatic carbocycles. The Morgan fingerprint density at radius 1 is 1.29 bits per heavy atom. The number of methoxy groups -OCH3 is 1. The third-order valence-corrected chi connectivity index (χ3v) is 4.16. The zero-order valence-electron chi connectivity index (χ0n) is 11.4. The molecule has 0 aliphatic heterocycles. The van der Waals surface area contributed by atoms with Gasteiger partial charge in [-0.05, 0) is 24.6 Å². The fraction of sp³-hybridized carbons (Fsp3) is 0.500. The summed E-state index contributed by atoms with van der Waals surface area (Å²) in [5, 5.41) is 0. The molecule has 1 atom stereocenters. The maximum absolute atomic E-state index is 13.0. The summed E-state index contributed by atoms with van der Waals surface area (Å²) in [5.41, 5.74) is -2.71. The zero-order valence-corrected chi connectivity index (χ0v) is 12.2. The Bertz CT molecular complexity index is 588. The average Bonchev–Trinajstić information content (AvgIpc) is 2.25. The highest BCUT2D eigenvalue weighted by molar-refractivity contribution is 7.88. The first-order valence-corrected chi connectivity index (χ1v) is 7.46. The van der Waals surface area contributed by atoms with Crippen molar-refractivity contribution in [2.24, 2.45) is 0 Å². The summed E-state index contributed by atoms with van der Waals surface area (Å²) in [6, 6.07) is 4.64. The molecule has 1 N–H and O–H groups in total. The lowest BCUT2D eigenvalue weighted by Gasteiger charge is -2.31. The molecule has 21 heavy (non-hydrogen) atoms. The molecule has 9 heteroatoms. The van der Waals surface area contributed by atoms with Gasteiger partial charge in [0, 0.05) is 7.11 Å². The van der Waals surface area contributed by atoms with Crippen LogP contribution in [0.15, 0.2) is 24.3 Å². The number of halogens is 4. The summed E-state index contributed by atoms with van der Waals surface area (Å²) in [4.78, 5) is 0. The number of rotatable bonds is 6. The molecule has 0 amide bonds. The summed E-state index contributed by atoms with van der Waals surface area (Å²) in [6.45, 7) is -0.196. The van der Waals surface area contributed by atoms with Crippen LogP contribution in [0.2, 0.25) is 0 Å². The van der Waals surface area contributed by atoms with Crippen LogP contribution in [0.4, 0.5) is 17.6 Å². The summed E-state index contributed by atoms with van der Waals surface area (Å²) in [5.74, 6) is -1.43. The lowest BCUT2D eigenvalue weighted by atomic mass is 10.1. The number of nitrogens with one attached hydrogen (secondary N) is 1. The van der Waals surface area contributed by atoms with Crippen molar-refractivity contribution in [2.75, 3.05) is 13.7 Å². The van der Waals surface area contributed by atoms with Crippen LogP contribution in [0.5, 0.6) is 0 Å². The van der Waals surface area contributed by atoms with E-state index in [0.717, 1.165) is 19.2 Å². The molecule has 0 aliphatic carbocycles. The fourth-order valence-electron chi connectivity index (χ4n) is 1.68.